The van der Waals surface area contributed by atoms with Gasteiger partial charge in [0, 0.05) is 21.9 Å². The van der Waals surface area contributed by atoms with Crippen LogP contribution in [0.3, 0.4) is 0 Å². The van der Waals surface area contributed by atoms with E-state index in [4.69, 9.17) is 17.4 Å². The lowest BCUT2D eigenvalue weighted by molar-refractivity contribution is 0.550. The van der Waals surface area contributed by atoms with Crippen molar-refractivity contribution in [1.82, 2.24) is 10.4 Å². The number of nitrogens with one attached hydrogen (secondary N) is 1. The minimum Gasteiger partial charge on any atom is -0.271 e. The van der Waals surface area contributed by atoms with Gasteiger partial charge in [0.15, 0.2) is 0 Å². The molecule has 1 atom stereocenters. The molecule has 1 aromatic heterocycles. The number of hydrogen-bond acceptors (Lipinski definition) is 3. The fraction of sp³-hybridized carbons (Fsp3) is 0.214. The van der Waals surface area contributed by atoms with Crippen molar-refractivity contribution in [3.63, 3.8) is 0 Å². The number of nitrogens with zero attached hydrogens (tertiary/aromatic N) is 1. The third-order valence-corrected chi connectivity index (χ3v) is 3.75. The molecule has 5 heteroatoms. The van der Waals surface area contributed by atoms with E-state index in [0.717, 1.165) is 26.2 Å². The van der Waals surface area contributed by atoms with Crippen LogP contribution in [0, 0.1) is 6.92 Å². The molecule has 3 nitrogen and oxygen atoms in total. The summed E-state index contributed by atoms with van der Waals surface area (Å²) in [6.07, 6.45) is 4.26. The number of benzene rings is 1. The van der Waals surface area contributed by atoms with E-state index in [1.807, 2.05) is 31.2 Å². The van der Waals surface area contributed by atoms with Crippen LogP contribution in [0.1, 0.15) is 22.7 Å². The molecule has 3 N–H and O–H groups in total. The number of hydrogen-bond donors (Lipinski definition) is 2. The first-order chi connectivity index (χ1) is 9.10. The van der Waals surface area contributed by atoms with E-state index in [2.05, 4.69) is 26.3 Å². The lowest BCUT2D eigenvalue weighted by Gasteiger charge is -2.17. The van der Waals surface area contributed by atoms with Crippen LogP contribution in [0.15, 0.2) is 41.1 Å². The topological polar surface area (TPSA) is 50.9 Å². The molecule has 0 amide bonds. The molecule has 2 aromatic rings. The fourth-order valence-electron chi connectivity index (χ4n) is 1.93. The standard InChI is InChI=1S/C14H15BrClN3/c1-9-2-3-10(13(16)4-9)6-14(19-17)11-5-12(15)8-18-7-11/h2-5,7-8,14,19H,6,17H2,1H3. The highest BCUT2D eigenvalue weighted by Crippen LogP contribution is 2.25. The van der Waals surface area contributed by atoms with Crippen molar-refractivity contribution in [3.05, 3.63) is 62.8 Å². The largest absolute Gasteiger partial charge is 0.271 e. The molecule has 0 fully saturated rings. The van der Waals surface area contributed by atoms with Crippen LogP contribution in [0.2, 0.25) is 5.02 Å². The smallest absolute Gasteiger partial charge is 0.0516 e. The predicted molar refractivity (Wildman–Crippen MR) is 81.9 cm³/mol. The summed E-state index contributed by atoms with van der Waals surface area (Å²) >= 11 is 9.67. The molecule has 0 bridgehead atoms. The Balaban J connectivity index is 2.24. The molecule has 2 rings (SSSR count). The maximum Gasteiger partial charge on any atom is 0.0516 e. The van der Waals surface area contributed by atoms with Gasteiger partial charge in [-0.3, -0.25) is 16.3 Å². The van der Waals surface area contributed by atoms with Crippen LogP contribution in [0.5, 0.6) is 0 Å². The van der Waals surface area contributed by atoms with Gasteiger partial charge in [-0.1, -0.05) is 23.7 Å². The van der Waals surface area contributed by atoms with Crippen molar-refractivity contribution in [3.8, 4) is 0 Å². The van der Waals surface area contributed by atoms with Crippen LogP contribution in [-0.4, -0.2) is 4.98 Å². The Bertz CT molecular complexity index is 574. The van der Waals surface area contributed by atoms with Crippen molar-refractivity contribution in [2.45, 2.75) is 19.4 Å². The summed E-state index contributed by atoms with van der Waals surface area (Å²) in [5, 5.41) is 0.767. The molecule has 100 valence electrons. The monoisotopic (exact) mass is 339 g/mol. The summed E-state index contributed by atoms with van der Waals surface area (Å²) in [6.45, 7) is 2.02. The Morgan fingerprint density at radius 1 is 1.37 bits per heavy atom. The van der Waals surface area contributed by atoms with Gasteiger partial charge in [-0.15, -0.1) is 0 Å². The van der Waals surface area contributed by atoms with Gasteiger partial charge < -0.3 is 0 Å². The SMILES string of the molecule is Cc1ccc(CC(NN)c2cncc(Br)c2)c(Cl)c1. The van der Waals surface area contributed by atoms with E-state index in [-0.39, 0.29) is 6.04 Å². The highest BCUT2D eigenvalue weighted by molar-refractivity contribution is 9.10. The minimum absolute atomic E-state index is 0.0230. The van der Waals surface area contributed by atoms with Crippen LogP contribution in [0.4, 0.5) is 0 Å². The van der Waals surface area contributed by atoms with Gasteiger partial charge in [-0.2, -0.15) is 0 Å². The van der Waals surface area contributed by atoms with Crippen molar-refractivity contribution >= 4 is 27.5 Å². The number of rotatable bonds is 4. The highest BCUT2D eigenvalue weighted by Gasteiger charge is 2.13. The second-order valence-corrected chi connectivity index (χ2v) is 5.78. The quantitative estimate of drug-likeness (QED) is 0.661. The molecule has 0 spiro atoms. The Hall–Kier alpha value is -0.940. The third-order valence-electron chi connectivity index (χ3n) is 2.96. The first-order valence-electron chi connectivity index (χ1n) is 5.91. The number of nitrogens with two attached hydrogens (primary N) is 1. The average Bonchev–Trinajstić information content (AvgIpc) is 2.38. The molecule has 0 aliphatic carbocycles. The molecule has 1 unspecified atom stereocenters. The Labute approximate surface area is 126 Å². The Morgan fingerprint density at radius 3 is 2.79 bits per heavy atom. The molecule has 0 aliphatic heterocycles. The molecule has 0 saturated heterocycles. The predicted octanol–water partition coefficient (Wildman–Crippen LogP) is 3.55. The zero-order chi connectivity index (χ0) is 13.8. The summed E-state index contributed by atoms with van der Waals surface area (Å²) in [4.78, 5) is 4.16. The first kappa shape index (κ1) is 14.5. The van der Waals surface area contributed by atoms with Gasteiger partial charge in [-0.05, 0) is 58.1 Å². The number of aromatic nitrogens is 1. The Morgan fingerprint density at radius 2 is 2.16 bits per heavy atom. The van der Waals surface area contributed by atoms with Gasteiger partial charge in [0.2, 0.25) is 0 Å². The molecule has 0 saturated carbocycles. The maximum absolute atomic E-state index is 6.26. The fourth-order valence-corrected chi connectivity index (χ4v) is 2.62. The summed E-state index contributed by atoms with van der Waals surface area (Å²) in [5.41, 5.74) is 6.05. The zero-order valence-electron chi connectivity index (χ0n) is 10.5. The van der Waals surface area contributed by atoms with E-state index in [1.165, 1.54) is 0 Å². The van der Waals surface area contributed by atoms with Crippen molar-refractivity contribution < 1.29 is 0 Å². The van der Waals surface area contributed by atoms with Crippen LogP contribution in [0.25, 0.3) is 0 Å². The van der Waals surface area contributed by atoms with Crippen LogP contribution < -0.4 is 11.3 Å². The molecular weight excluding hydrogens is 326 g/mol. The highest BCUT2D eigenvalue weighted by atomic mass is 79.9. The number of hydrazine groups is 1. The second kappa shape index (κ2) is 6.48. The summed E-state index contributed by atoms with van der Waals surface area (Å²) in [5.74, 6) is 5.65. The molecular formula is C14H15BrClN3. The van der Waals surface area contributed by atoms with Gasteiger partial charge in [0.1, 0.15) is 0 Å². The summed E-state index contributed by atoms with van der Waals surface area (Å²) in [7, 11) is 0. The van der Waals surface area contributed by atoms with Crippen molar-refractivity contribution in [2.75, 3.05) is 0 Å². The summed E-state index contributed by atoms with van der Waals surface area (Å²) < 4.78 is 0.931. The Kier molecular flexibility index (Phi) is 4.93. The van der Waals surface area contributed by atoms with Gasteiger partial charge >= 0.3 is 0 Å². The molecule has 1 aromatic carbocycles. The molecule has 0 aliphatic rings. The number of halogens is 2. The maximum atomic E-state index is 6.26. The normalized spacial score (nSPS) is 12.4. The van der Waals surface area contributed by atoms with Crippen molar-refractivity contribution in [1.29, 1.82) is 0 Å². The number of aryl methyl sites for hydroxylation is 1. The lowest BCUT2D eigenvalue weighted by atomic mass is 10.00. The van der Waals surface area contributed by atoms with Gasteiger partial charge in [0.05, 0.1) is 6.04 Å². The van der Waals surface area contributed by atoms with Gasteiger partial charge in [-0.25, -0.2) is 0 Å². The number of pyridine rings is 1. The van der Waals surface area contributed by atoms with E-state index < -0.39 is 0 Å². The molecule has 1 heterocycles. The van der Waals surface area contributed by atoms with E-state index >= 15 is 0 Å². The molecule has 19 heavy (non-hydrogen) atoms. The average molecular weight is 341 g/mol. The second-order valence-electron chi connectivity index (χ2n) is 4.45. The first-order valence-corrected chi connectivity index (χ1v) is 7.09. The summed E-state index contributed by atoms with van der Waals surface area (Å²) in [6, 6.07) is 8.02. The zero-order valence-corrected chi connectivity index (χ0v) is 12.9. The third kappa shape index (κ3) is 3.76. The van der Waals surface area contributed by atoms with Crippen molar-refractivity contribution in [2.24, 2.45) is 5.84 Å². The van der Waals surface area contributed by atoms with E-state index in [1.54, 1.807) is 12.4 Å². The van der Waals surface area contributed by atoms with Crippen LogP contribution in [-0.2, 0) is 6.42 Å². The minimum atomic E-state index is -0.0230. The lowest BCUT2D eigenvalue weighted by Crippen LogP contribution is -2.29. The van der Waals surface area contributed by atoms with E-state index in [0.29, 0.717) is 6.42 Å². The van der Waals surface area contributed by atoms with Gasteiger partial charge in [0.25, 0.3) is 0 Å². The van der Waals surface area contributed by atoms with E-state index in [9.17, 15) is 0 Å². The molecule has 0 radical (unpaired) electrons. The van der Waals surface area contributed by atoms with Crippen LogP contribution >= 0.6 is 27.5 Å².